The number of hydrogen-bond donors (Lipinski definition) is 1. The molecule has 3 heterocycles. The second kappa shape index (κ2) is 8.49. The fourth-order valence-electron chi connectivity index (χ4n) is 3.07. The van der Waals surface area contributed by atoms with Gasteiger partial charge in [0, 0.05) is 38.6 Å². The molecule has 2 aromatic heterocycles. The molecule has 1 unspecified atom stereocenters. The number of aryl methyl sites for hydroxylation is 1. The Kier molecular flexibility index (Phi) is 6.28. The molecule has 148 valence electrons. The highest BCUT2D eigenvalue weighted by Gasteiger charge is 2.29. The number of hydrogen-bond acceptors (Lipinski definition) is 6. The Balaban J connectivity index is 1.63. The van der Waals surface area contributed by atoms with E-state index in [1.807, 2.05) is 17.8 Å². The van der Waals surface area contributed by atoms with E-state index >= 15 is 0 Å². The molecule has 27 heavy (non-hydrogen) atoms. The van der Waals surface area contributed by atoms with Crippen molar-refractivity contribution >= 4 is 27.7 Å². The minimum absolute atomic E-state index is 0.156. The molecule has 0 aromatic carbocycles. The zero-order valence-corrected chi connectivity index (χ0v) is 17.1. The molecule has 10 heteroatoms. The normalized spacial score (nSPS) is 18.0. The first-order chi connectivity index (χ1) is 12.8. The Morgan fingerprint density at radius 1 is 1.41 bits per heavy atom. The lowest BCUT2D eigenvalue weighted by atomic mass is 10.0. The van der Waals surface area contributed by atoms with Crippen LogP contribution in [-0.2, 0) is 22.8 Å². The summed E-state index contributed by atoms with van der Waals surface area (Å²) >= 11 is 1.54. The number of furan rings is 1. The van der Waals surface area contributed by atoms with Crippen molar-refractivity contribution in [2.45, 2.75) is 36.2 Å². The maximum absolute atomic E-state index is 12.9. The van der Waals surface area contributed by atoms with Crippen LogP contribution in [0.2, 0.25) is 0 Å². The molecule has 1 aliphatic rings. The first kappa shape index (κ1) is 20.0. The lowest BCUT2D eigenvalue weighted by Crippen LogP contribution is -2.49. The van der Waals surface area contributed by atoms with Crippen LogP contribution in [0.1, 0.15) is 35.6 Å². The molecule has 3 rings (SSSR count). The summed E-state index contributed by atoms with van der Waals surface area (Å²) in [5.74, 6) is 1.38. The lowest BCUT2D eigenvalue weighted by Gasteiger charge is -2.35. The van der Waals surface area contributed by atoms with Gasteiger partial charge in [-0.15, -0.1) is 0 Å². The summed E-state index contributed by atoms with van der Waals surface area (Å²) in [5, 5.41) is 0.877. The standard InChI is InChI=1S/C17H24N4O4S2/c1-20-10-8-18-17(20)26-12-14-6-7-15(25-14)16(22)21-9-4-3-5-13(21)11-19-27(2,23)24/h6-8,10,13,19H,3-5,9,11-12H2,1-2H3. The van der Waals surface area contributed by atoms with Crippen molar-refractivity contribution < 1.29 is 17.6 Å². The molecule has 1 atom stereocenters. The van der Waals surface area contributed by atoms with Gasteiger partial charge >= 0.3 is 0 Å². The van der Waals surface area contributed by atoms with Crippen LogP contribution in [0.5, 0.6) is 0 Å². The fourth-order valence-corrected chi connectivity index (χ4v) is 4.39. The van der Waals surface area contributed by atoms with Gasteiger partial charge in [-0.25, -0.2) is 18.1 Å². The lowest BCUT2D eigenvalue weighted by molar-refractivity contribution is 0.0585. The van der Waals surface area contributed by atoms with Crippen molar-refractivity contribution in [1.29, 1.82) is 0 Å². The van der Waals surface area contributed by atoms with Crippen LogP contribution < -0.4 is 4.72 Å². The van der Waals surface area contributed by atoms with Gasteiger partial charge in [0.25, 0.3) is 5.91 Å². The SMILES string of the molecule is Cn1ccnc1SCc1ccc(C(=O)N2CCCCC2CNS(C)(=O)=O)o1. The van der Waals surface area contributed by atoms with E-state index in [2.05, 4.69) is 9.71 Å². The van der Waals surface area contributed by atoms with Crippen molar-refractivity contribution in [1.82, 2.24) is 19.2 Å². The highest BCUT2D eigenvalue weighted by Crippen LogP contribution is 2.24. The van der Waals surface area contributed by atoms with E-state index in [4.69, 9.17) is 4.42 Å². The van der Waals surface area contributed by atoms with Crippen molar-refractivity contribution in [2.75, 3.05) is 19.3 Å². The second-order valence-corrected chi connectivity index (χ2v) is 9.42. The van der Waals surface area contributed by atoms with Crippen LogP contribution in [0.25, 0.3) is 0 Å². The molecule has 1 fully saturated rings. The molecule has 1 saturated heterocycles. The van der Waals surface area contributed by atoms with E-state index in [0.717, 1.165) is 30.7 Å². The number of carbonyl (C=O) groups excluding carboxylic acids is 1. The molecule has 0 saturated carbocycles. The predicted molar refractivity (Wildman–Crippen MR) is 103 cm³/mol. The van der Waals surface area contributed by atoms with E-state index in [1.165, 1.54) is 11.8 Å². The molecular formula is C17H24N4O4S2. The minimum Gasteiger partial charge on any atom is -0.455 e. The topological polar surface area (TPSA) is 97.4 Å². The Hall–Kier alpha value is -1.78. The van der Waals surface area contributed by atoms with Gasteiger partial charge in [-0.3, -0.25) is 4.79 Å². The van der Waals surface area contributed by atoms with Gasteiger partial charge in [0.05, 0.1) is 12.0 Å². The summed E-state index contributed by atoms with van der Waals surface area (Å²) in [7, 11) is -1.36. The maximum Gasteiger partial charge on any atom is 0.289 e. The van der Waals surface area contributed by atoms with Crippen molar-refractivity contribution in [2.24, 2.45) is 7.05 Å². The molecule has 8 nitrogen and oxygen atoms in total. The van der Waals surface area contributed by atoms with Gasteiger partial charge < -0.3 is 13.9 Å². The van der Waals surface area contributed by atoms with Gasteiger partial charge in [0.15, 0.2) is 10.9 Å². The van der Waals surface area contributed by atoms with E-state index < -0.39 is 10.0 Å². The number of rotatable bonds is 7. The quantitative estimate of drug-likeness (QED) is 0.697. The van der Waals surface area contributed by atoms with Gasteiger partial charge in [-0.2, -0.15) is 0 Å². The number of sulfonamides is 1. The van der Waals surface area contributed by atoms with Crippen molar-refractivity contribution in [3.05, 3.63) is 36.0 Å². The molecule has 1 N–H and O–H groups in total. The Morgan fingerprint density at radius 2 is 2.22 bits per heavy atom. The van der Waals surface area contributed by atoms with Crippen LogP contribution >= 0.6 is 11.8 Å². The Morgan fingerprint density at radius 3 is 2.93 bits per heavy atom. The minimum atomic E-state index is -3.29. The molecule has 1 aliphatic heterocycles. The number of nitrogens with one attached hydrogen (secondary N) is 1. The number of piperidine rings is 1. The zero-order valence-electron chi connectivity index (χ0n) is 15.4. The first-order valence-electron chi connectivity index (χ1n) is 8.78. The smallest absolute Gasteiger partial charge is 0.289 e. The number of nitrogens with zero attached hydrogens (tertiary/aromatic N) is 3. The van der Waals surface area contributed by atoms with Gasteiger partial charge in [0.1, 0.15) is 5.76 Å². The molecule has 2 aromatic rings. The molecule has 0 spiro atoms. The summed E-state index contributed by atoms with van der Waals surface area (Å²) in [6, 6.07) is 3.33. The predicted octanol–water partition coefficient (Wildman–Crippen LogP) is 1.85. The summed E-state index contributed by atoms with van der Waals surface area (Å²) in [5.41, 5.74) is 0. The van der Waals surface area contributed by atoms with Crippen LogP contribution in [0, 0.1) is 0 Å². The van der Waals surface area contributed by atoms with Crippen molar-refractivity contribution in [3.63, 3.8) is 0 Å². The maximum atomic E-state index is 12.9. The number of thioether (sulfide) groups is 1. The average molecular weight is 413 g/mol. The number of aromatic nitrogens is 2. The molecule has 0 aliphatic carbocycles. The number of likely N-dealkylation sites (tertiary alicyclic amines) is 1. The number of carbonyl (C=O) groups is 1. The molecule has 1 amide bonds. The summed E-state index contributed by atoms with van der Waals surface area (Å²) in [6.45, 7) is 0.833. The molecule has 0 radical (unpaired) electrons. The van der Waals surface area contributed by atoms with E-state index in [1.54, 1.807) is 23.2 Å². The summed E-state index contributed by atoms with van der Waals surface area (Å²) < 4.78 is 32.9. The summed E-state index contributed by atoms with van der Waals surface area (Å²) in [4.78, 5) is 18.8. The highest BCUT2D eigenvalue weighted by atomic mass is 32.2. The highest BCUT2D eigenvalue weighted by molar-refractivity contribution is 7.98. The van der Waals surface area contributed by atoms with Gasteiger partial charge in [0.2, 0.25) is 10.0 Å². The Labute approximate surface area is 163 Å². The third-order valence-corrected chi connectivity index (χ3v) is 6.23. The van der Waals surface area contributed by atoms with Crippen LogP contribution in [0.3, 0.4) is 0 Å². The molecule has 0 bridgehead atoms. The third-order valence-electron chi connectivity index (χ3n) is 4.46. The monoisotopic (exact) mass is 412 g/mol. The van der Waals surface area contributed by atoms with Crippen LogP contribution in [-0.4, -0.2) is 54.2 Å². The van der Waals surface area contributed by atoms with Gasteiger partial charge in [-0.1, -0.05) is 11.8 Å². The third kappa shape index (κ3) is 5.36. The van der Waals surface area contributed by atoms with E-state index in [9.17, 15) is 13.2 Å². The van der Waals surface area contributed by atoms with E-state index in [-0.39, 0.29) is 24.3 Å². The second-order valence-electron chi connectivity index (χ2n) is 6.64. The summed E-state index contributed by atoms with van der Waals surface area (Å²) in [6.07, 6.45) is 7.39. The average Bonchev–Trinajstić information content (AvgIpc) is 3.26. The van der Waals surface area contributed by atoms with Gasteiger partial charge in [-0.05, 0) is 31.4 Å². The zero-order chi connectivity index (χ0) is 19.4. The number of amides is 1. The first-order valence-corrected chi connectivity index (χ1v) is 11.7. The van der Waals surface area contributed by atoms with Crippen LogP contribution in [0.4, 0.5) is 0 Å². The Bertz CT molecular complexity index is 890. The molecular weight excluding hydrogens is 388 g/mol. The van der Waals surface area contributed by atoms with Crippen molar-refractivity contribution in [3.8, 4) is 0 Å². The van der Waals surface area contributed by atoms with E-state index in [0.29, 0.717) is 18.1 Å². The van der Waals surface area contributed by atoms with Crippen LogP contribution in [0.15, 0.2) is 34.1 Å². The fraction of sp³-hybridized carbons (Fsp3) is 0.529. The largest absolute Gasteiger partial charge is 0.455 e. The number of imidazole rings is 1.